The average molecular weight is 237 g/mol. The van der Waals surface area contributed by atoms with Crippen LogP contribution in [0.15, 0.2) is 36.5 Å². The van der Waals surface area contributed by atoms with Crippen molar-refractivity contribution in [3.05, 3.63) is 36.5 Å². The van der Waals surface area contributed by atoms with Crippen LogP contribution in [0, 0.1) is 5.92 Å². The first-order valence-electron chi connectivity index (χ1n) is 7.04. The van der Waals surface area contributed by atoms with Gasteiger partial charge in [0.2, 0.25) is 0 Å². The molecule has 1 nitrogen and oxygen atoms in total. The summed E-state index contributed by atoms with van der Waals surface area (Å²) in [5, 5.41) is 3.38. The van der Waals surface area contributed by atoms with Gasteiger partial charge in [-0.05, 0) is 44.3 Å². The van der Waals surface area contributed by atoms with Crippen LogP contribution < -0.4 is 5.32 Å². The average Bonchev–Trinajstić information content (AvgIpc) is 2.44. The minimum atomic E-state index is 0.732. The first kappa shape index (κ1) is 18.5. The predicted octanol–water partition coefficient (Wildman–Crippen LogP) is 4.73. The van der Waals surface area contributed by atoms with E-state index in [0.717, 1.165) is 19.0 Å². The van der Waals surface area contributed by atoms with Crippen LogP contribution in [0.2, 0.25) is 0 Å². The number of nitrogens with one attached hydrogen (secondary N) is 1. The van der Waals surface area contributed by atoms with Gasteiger partial charge in [0.25, 0.3) is 0 Å². The Morgan fingerprint density at radius 3 is 2.06 bits per heavy atom. The number of hydrogen-bond acceptors (Lipinski definition) is 1. The first-order valence-corrected chi connectivity index (χ1v) is 7.04. The van der Waals surface area contributed by atoms with Crippen LogP contribution in [0.3, 0.4) is 0 Å². The summed E-state index contributed by atoms with van der Waals surface area (Å²) in [5.74, 6) is 0.732. The molecule has 0 amide bonds. The molecule has 1 heterocycles. The summed E-state index contributed by atoms with van der Waals surface area (Å²) in [7, 11) is 0. The fraction of sp³-hybridized carbons (Fsp3) is 0.625. The molecule has 1 heteroatoms. The van der Waals surface area contributed by atoms with Crippen molar-refractivity contribution in [2.75, 3.05) is 13.1 Å². The molecule has 100 valence electrons. The molecule has 0 saturated carbocycles. The Balaban J connectivity index is 0. The monoisotopic (exact) mass is 237 g/mol. The molecule has 0 aliphatic carbocycles. The molecule has 1 fully saturated rings. The van der Waals surface area contributed by atoms with Crippen LogP contribution in [0.1, 0.15) is 47.5 Å². The van der Waals surface area contributed by atoms with E-state index in [1.807, 2.05) is 33.8 Å². The normalized spacial score (nSPS) is 16.6. The van der Waals surface area contributed by atoms with Crippen LogP contribution >= 0.6 is 0 Å². The van der Waals surface area contributed by atoms with Gasteiger partial charge in [-0.25, -0.2) is 0 Å². The molecule has 0 bridgehead atoms. The molecule has 0 spiro atoms. The molecule has 1 N–H and O–H groups in total. The summed E-state index contributed by atoms with van der Waals surface area (Å²) < 4.78 is 0. The number of hydrogen-bond donors (Lipinski definition) is 1. The van der Waals surface area contributed by atoms with E-state index in [-0.39, 0.29) is 0 Å². The molecule has 0 aromatic carbocycles. The van der Waals surface area contributed by atoms with Crippen molar-refractivity contribution in [3.63, 3.8) is 0 Å². The van der Waals surface area contributed by atoms with E-state index < -0.39 is 0 Å². The van der Waals surface area contributed by atoms with Gasteiger partial charge in [0, 0.05) is 0 Å². The van der Waals surface area contributed by atoms with Gasteiger partial charge in [-0.1, -0.05) is 58.6 Å². The van der Waals surface area contributed by atoms with E-state index in [1.54, 1.807) is 0 Å². The van der Waals surface area contributed by atoms with Crippen molar-refractivity contribution in [1.82, 2.24) is 5.32 Å². The lowest BCUT2D eigenvalue weighted by molar-refractivity contribution is 0.425. The maximum absolute atomic E-state index is 3.75. The van der Waals surface area contributed by atoms with Gasteiger partial charge in [0.15, 0.2) is 0 Å². The second-order valence-corrected chi connectivity index (χ2v) is 3.43. The second-order valence-electron chi connectivity index (χ2n) is 3.43. The summed E-state index contributed by atoms with van der Waals surface area (Å²) in [6.45, 7) is 16.1. The van der Waals surface area contributed by atoms with Crippen LogP contribution in [-0.4, -0.2) is 13.1 Å². The van der Waals surface area contributed by atoms with Crippen LogP contribution in [-0.2, 0) is 0 Å². The lowest BCUT2D eigenvalue weighted by Crippen LogP contribution is -2.28. The first-order chi connectivity index (χ1) is 8.38. The summed E-state index contributed by atoms with van der Waals surface area (Å²) in [6, 6.07) is 0. The van der Waals surface area contributed by atoms with Crippen molar-refractivity contribution < 1.29 is 0 Å². The minimum absolute atomic E-state index is 0.732. The lowest BCUT2D eigenvalue weighted by Gasteiger charge is -2.23. The van der Waals surface area contributed by atoms with Crippen LogP contribution in [0.5, 0.6) is 0 Å². The quantitative estimate of drug-likeness (QED) is 0.700. The molecule has 1 rings (SSSR count). The zero-order chi connectivity index (χ0) is 13.5. The van der Waals surface area contributed by atoms with Crippen molar-refractivity contribution in [2.24, 2.45) is 5.92 Å². The standard InChI is InChI=1S/C12H19N.2C2H6/c1-3-5-11(6-4-2)12-7-9-13-10-8-12;2*1-2/h3-6,12-13H,1,7-10H2,2H3;2*1-2H3/b6-4-,11-5+;;. The molecule has 0 atom stereocenters. The smallest absolute Gasteiger partial charge is 0.00431 e. The zero-order valence-electron chi connectivity index (χ0n) is 12.4. The summed E-state index contributed by atoms with van der Waals surface area (Å²) in [4.78, 5) is 0. The Morgan fingerprint density at radius 2 is 1.65 bits per heavy atom. The molecule has 1 aliphatic heterocycles. The third-order valence-electron chi connectivity index (χ3n) is 2.48. The van der Waals surface area contributed by atoms with Crippen molar-refractivity contribution in [3.8, 4) is 0 Å². The van der Waals surface area contributed by atoms with Gasteiger partial charge in [-0.3, -0.25) is 0 Å². The zero-order valence-corrected chi connectivity index (χ0v) is 12.4. The Hall–Kier alpha value is -0.820. The van der Waals surface area contributed by atoms with E-state index in [2.05, 4.69) is 37.0 Å². The van der Waals surface area contributed by atoms with Crippen molar-refractivity contribution in [2.45, 2.75) is 47.5 Å². The largest absolute Gasteiger partial charge is 0.317 e. The fourth-order valence-corrected chi connectivity index (χ4v) is 1.81. The van der Waals surface area contributed by atoms with E-state index in [0.29, 0.717) is 0 Å². The number of rotatable bonds is 3. The van der Waals surface area contributed by atoms with Gasteiger partial charge < -0.3 is 5.32 Å². The highest BCUT2D eigenvalue weighted by Gasteiger charge is 2.14. The molecule has 0 unspecified atom stereocenters. The van der Waals surface area contributed by atoms with Crippen molar-refractivity contribution in [1.29, 1.82) is 0 Å². The van der Waals surface area contributed by atoms with E-state index in [9.17, 15) is 0 Å². The molecule has 17 heavy (non-hydrogen) atoms. The third-order valence-corrected chi connectivity index (χ3v) is 2.48. The van der Waals surface area contributed by atoms with Gasteiger partial charge >= 0.3 is 0 Å². The van der Waals surface area contributed by atoms with Gasteiger partial charge in [0.05, 0.1) is 0 Å². The fourth-order valence-electron chi connectivity index (χ4n) is 1.81. The van der Waals surface area contributed by atoms with E-state index >= 15 is 0 Å². The highest BCUT2D eigenvalue weighted by Crippen LogP contribution is 2.22. The number of piperidine rings is 1. The Kier molecular flexibility index (Phi) is 16.6. The lowest BCUT2D eigenvalue weighted by atomic mass is 9.89. The van der Waals surface area contributed by atoms with Crippen LogP contribution in [0.4, 0.5) is 0 Å². The molecular formula is C16H31N. The second kappa shape index (κ2) is 15.2. The minimum Gasteiger partial charge on any atom is -0.317 e. The van der Waals surface area contributed by atoms with Crippen molar-refractivity contribution >= 4 is 0 Å². The highest BCUT2D eigenvalue weighted by molar-refractivity contribution is 5.25. The van der Waals surface area contributed by atoms with Gasteiger partial charge in [0.1, 0.15) is 0 Å². The molecule has 1 saturated heterocycles. The summed E-state index contributed by atoms with van der Waals surface area (Å²) in [5.41, 5.74) is 1.43. The topological polar surface area (TPSA) is 12.0 Å². The van der Waals surface area contributed by atoms with E-state index in [1.165, 1.54) is 18.4 Å². The van der Waals surface area contributed by atoms with Gasteiger partial charge in [-0.2, -0.15) is 0 Å². The maximum atomic E-state index is 3.75. The Bertz CT molecular complexity index is 208. The summed E-state index contributed by atoms with van der Waals surface area (Å²) in [6.07, 6.45) is 10.8. The van der Waals surface area contributed by atoms with E-state index in [4.69, 9.17) is 0 Å². The molecule has 1 aliphatic rings. The third kappa shape index (κ3) is 8.93. The SMILES string of the molecule is C=C/C=C(\C=C/C)C1CCNCC1.CC.CC. The Labute approximate surface area is 109 Å². The Morgan fingerprint density at radius 1 is 1.12 bits per heavy atom. The van der Waals surface area contributed by atoms with Crippen LogP contribution in [0.25, 0.3) is 0 Å². The number of allylic oxidation sites excluding steroid dienone is 5. The summed E-state index contributed by atoms with van der Waals surface area (Å²) >= 11 is 0. The maximum Gasteiger partial charge on any atom is -0.00431 e. The molecule has 0 aromatic rings. The molecule has 0 radical (unpaired) electrons. The molecule has 0 aromatic heterocycles. The van der Waals surface area contributed by atoms with Gasteiger partial charge in [-0.15, -0.1) is 0 Å². The highest BCUT2D eigenvalue weighted by atomic mass is 14.9. The molecular weight excluding hydrogens is 206 g/mol. The predicted molar refractivity (Wildman–Crippen MR) is 81.4 cm³/mol.